The highest BCUT2D eigenvalue weighted by Crippen LogP contribution is 2.21. The molecule has 0 spiro atoms. The monoisotopic (exact) mass is 320 g/mol. The molecule has 2 aromatic heterocycles. The quantitative estimate of drug-likeness (QED) is 0.690. The zero-order valence-electron chi connectivity index (χ0n) is 13.2. The number of hydrogen-bond donors (Lipinski definition) is 0. The van der Waals surface area contributed by atoms with Gasteiger partial charge in [0.1, 0.15) is 17.5 Å². The summed E-state index contributed by atoms with van der Waals surface area (Å²) in [5.41, 5.74) is 1.07. The molecule has 0 aliphatic carbocycles. The van der Waals surface area contributed by atoms with Crippen LogP contribution >= 0.6 is 0 Å². The summed E-state index contributed by atoms with van der Waals surface area (Å²) in [5, 5.41) is 12.7. The fourth-order valence-corrected chi connectivity index (χ4v) is 2.13. The number of nitrogens with zero attached hydrogens (tertiary/aromatic N) is 4. The summed E-state index contributed by atoms with van der Waals surface area (Å²) >= 11 is 0. The van der Waals surface area contributed by atoms with Gasteiger partial charge in [-0.05, 0) is 30.7 Å². The molecular weight excluding hydrogens is 304 g/mol. The van der Waals surface area contributed by atoms with E-state index < -0.39 is 0 Å². The number of hydrogen-bond acceptors (Lipinski definition) is 6. The minimum Gasteiger partial charge on any atom is -0.494 e. The summed E-state index contributed by atoms with van der Waals surface area (Å²) in [6.45, 7) is 2.58. The summed E-state index contributed by atoms with van der Waals surface area (Å²) in [4.78, 5) is 8.54. The Balaban J connectivity index is 1.59. The maximum Gasteiger partial charge on any atom is 0.229 e. The highest BCUT2D eigenvalue weighted by atomic mass is 16.5. The van der Waals surface area contributed by atoms with Gasteiger partial charge in [-0.3, -0.25) is 4.98 Å². The molecular formula is C18H16N4O2. The first-order chi connectivity index (χ1) is 11.8. The highest BCUT2D eigenvalue weighted by molar-refractivity contribution is 5.49. The lowest BCUT2D eigenvalue weighted by atomic mass is 10.1. The van der Waals surface area contributed by atoms with Crippen molar-refractivity contribution in [1.29, 1.82) is 5.26 Å². The van der Waals surface area contributed by atoms with Gasteiger partial charge in [0, 0.05) is 12.1 Å². The van der Waals surface area contributed by atoms with Crippen LogP contribution in [0.4, 0.5) is 0 Å². The molecule has 1 atom stereocenters. The van der Waals surface area contributed by atoms with Gasteiger partial charge in [-0.15, -0.1) is 0 Å². The van der Waals surface area contributed by atoms with Gasteiger partial charge < -0.3 is 9.26 Å². The second kappa shape index (κ2) is 7.38. The molecule has 3 rings (SSSR count). The molecule has 0 saturated heterocycles. The van der Waals surface area contributed by atoms with E-state index in [-0.39, 0.29) is 5.92 Å². The molecule has 0 N–H and O–H groups in total. The Bertz CT molecular complexity index is 822. The predicted octanol–water partition coefficient (Wildman–Crippen LogP) is 3.58. The van der Waals surface area contributed by atoms with Crippen LogP contribution in [0.3, 0.4) is 0 Å². The second-order valence-electron chi connectivity index (χ2n) is 5.35. The number of para-hydroxylation sites is 1. The SMILES string of the molecule is C[C@@H](CCOc1ccccc1)c1nc(-c2ccc(C#N)cn2)no1. The summed E-state index contributed by atoms with van der Waals surface area (Å²) in [6.07, 6.45) is 2.25. The van der Waals surface area contributed by atoms with Gasteiger partial charge in [0.15, 0.2) is 0 Å². The molecule has 1 aromatic carbocycles. The van der Waals surface area contributed by atoms with Gasteiger partial charge in [-0.1, -0.05) is 30.3 Å². The zero-order chi connectivity index (χ0) is 16.8. The topological polar surface area (TPSA) is 84.8 Å². The van der Waals surface area contributed by atoms with E-state index in [1.807, 2.05) is 43.3 Å². The van der Waals surface area contributed by atoms with E-state index in [2.05, 4.69) is 15.1 Å². The van der Waals surface area contributed by atoms with Crippen molar-refractivity contribution in [3.05, 3.63) is 60.1 Å². The van der Waals surface area contributed by atoms with Crippen molar-refractivity contribution in [3.63, 3.8) is 0 Å². The van der Waals surface area contributed by atoms with Crippen LogP contribution in [0, 0.1) is 11.3 Å². The van der Waals surface area contributed by atoms with E-state index >= 15 is 0 Å². The maximum atomic E-state index is 8.79. The van der Waals surface area contributed by atoms with Crippen LogP contribution in [0.25, 0.3) is 11.5 Å². The molecule has 0 fully saturated rings. The molecule has 0 aliphatic heterocycles. The average molecular weight is 320 g/mol. The largest absolute Gasteiger partial charge is 0.494 e. The van der Waals surface area contributed by atoms with E-state index in [9.17, 15) is 0 Å². The molecule has 0 unspecified atom stereocenters. The number of ether oxygens (including phenoxy) is 1. The lowest BCUT2D eigenvalue weighted by molar-refractivity contribution is 0.280. The molecule has 6 heteroatoms. The first-order valence-electron chi connectivity index (χ1n) is 7.64. The minimum absolute atomic E-state index is 0.0772. The minimum atomic E-state index is 0.0772. The summed E-state index contributed by atoms with van der Waals surface area (Å²) < 4.78 is 11.0. The Morgan fingerprint density at radius 1 is 1.21 bits per heavy atom. The van der Waals surface area contributed by atoms with Crippen LogP contribution in [-0.4, -0.2) is 21.7 Å². The van der Waals surface area contributed by atoms with Crippen molar-refractivity contribution in [1.82, 2.24) is 15.1 Å². The van der Waals surface area contributed by atoms with Crippen molar-refractivity contribution in [3.8, 4) is 23.3 Å². The fourth-order valence-electron chi connectivity index (χ4n) is 2.13. The Hall–Kier alpha value is -3.20. The van der Waals surface area contributed by atoms with Gasteiger partial charge in [-0.2, -0.15) is 10.2 Å². The predicted molar refractivity (Wildman–Crippen MR) is 87.2 cm³/mol. The van der Waals surface area contributed by atoms with Crippen molar-refractivity contribution in [2.45, 2.75) is 19.3 Å². The van der Waals surface area contributed by atoms with Gasteiger partial charge in [0.25, 0.3) is 0 Å². The smallest absolute Gasteiger partial charge is 0.229 e. The van der Waals surface area contributed by atoms with Crippen molar-refractivity contribution >= 4 is 0 Å². The molecule has 6 nitrogen and oxygen atoms in total. The Morgan fingerprint density at radius 3 is 2.75 bits per heavy atom. The summed E-state index contributed by atoms with van der Waals surface area (Å²) in [6, 6.07) is 15.1. The lowest BCUT2D eigenvalue weighted by Gasteiger charge is -2.08. The molecule has 3 aromatic rings. The normalized spacial score (nSPS) is 11.7. The van der Waals surface area contributed by atoms with Crippen LogP contribution in [0.2, 0.25) is 0 Å². The Kier molecular flexibility index (Phi) is 4.82. The first kappa shape index (κ1) is 15.7. The fraction of sp³-hybridized carbons (Fsp3) is 0.222. The van der Waals surface area contributed by atoms with E-state index in [1.54, 1.807) is 12.1 Å². The van der Waals surface area contributed by atoms with Gasteiger partial charge in [0.2, 0.25) is 11.7 Å². The highest BCUT2D eigenvalue weighted by Gasteiger charge is 2.16. The Morgan fingerprint density at radius 2 is 2.04 bits per heavy atom. The summed E-state index contributed by atoms with van der Waals surface area (Å²) in [5.74, 6) is 1.89. The molecule has 0 radical (unpaired) electrons. The number of aromatic nitrogens is 3. The lowest BCUT2D eigenvalue weighted by Crippen LogP contribution is -2.03. The van der Waals surface area contributed by atoms with Gasteiger partial charge >= 0.3 is 0 Å². The number of rotatable bonds is 6. The van der Waals surface area contributed by atoms with E-state index in [1.165, 1.54) is 6.20 Å². The molecule has 2 heterocycles. The Labute approximate surface area is 139 Å². The number of nitriles is 1. The molecule has 0 saturated carbocycles. The third kappa shape index (κ3) is 3.76. The first-order valence-corrected chi connectivity index (χ1v) is 7.64. The molecule has 120 valence electrons. The summed E-state index contributed by atoms with van der Waals surface area (Å²) in [7, 11) is 0. The van der Waals surface area contributed by atoms with Gasteiger partial charge in [-0.25, -0.2) is 0 Å². The van der Waals surface area contributed by atoms with Crippen LogP contribution in [0.5, 0.6) is 5.75 Å². The molecule has 0 bridgehead atoms. The van der Waals surface area contributed by atoms with Crippen LogP contribution < -0.4 is 4.74 Å². The standard InChI is InChI=1S/C18H16N4O2/c1-13(9-10-23-15-5-3-2-4-6-15)18-21-17(22-24-18)16-8-7-14(11-19)12-20-16/h2-8,12-13H,9-10H2,1H3/t13-/m0/s1. The molecule has 0 aliphatic rings. The third-order valence-corrected chi connectivity index (χ3v) is 3.55. The van der Waals surface area contributed by atoms with Crippen LogP contribution in [-0.2, 0) is 0 Å². The second-order valence-corrected chi connectivity index (χ2v) is 5.35. The van der Waals surface area contributed by atoms with E-state index in [4.69, 9.17) is 14.5 Å². The van der Waals surface area contributed by atoms with Crippen LogP contribution in [0.15, 0.2) is 53.2 Å². The third-order valence-electron chi connectivity index (χ3n) is 3.55. The molecule has 24 heavy (non-hydrogen) atoms. The average Bonchev–Trinajstić information content (AvgIpc) is 3.13. The van der Waals surface area contributed by atoms with E-state index in [0.29, 0.717) is 29.6 Å². The van der Waals surface area contributed by atoms with E-state index in [0.717, 1.165) is 12.2 Å². The van der Waals surface area contributed by atoms with Gasteiger partial charge in [0.05, 0.1) is 12.2 Å². The zero-order valence-corrected chi connectivity index (χ0v) is 13.2. The van der Waals surface area contributed by atoms with Crippen molar-refractivity contribution in [2.24, 2.45) is 0 Å². The molecule has 0 amide bonds. The van der Waals surface area contributed by atoms with Crippen molar-refractivity contribution < 1.29 is 9.26 Å². The number of benzene rings is 1. The maximum absolute atomic E-state index is 8.79. The number of pyridine rings is 1. The van der Waals surface area contributed by atoms with Crippen molar-refractivity contribution in [2.75, 3.05) is 6.61 Å². The van der Waals surface area contributed by atoms with Crippen LogP contribution in [0.1, 0.15) is 30.7 Å².